The third kappa shape index (κ3) is 3.64. The summed E-state index contributed by atoms with van der Waals surface area (Å²) in [5.74, 6) is 0. The van der Waals surface area contributed by atoms with Crippen molar-refractivity contribution in [2.75, 3.05) is 20.3 Å². The van der Waals surface area contributed by atoms with Gasteiger partial charge in [-0.1, -0.05) is 16.9 Å². The molecule has 0 amide bonds. The molecule has 1 aliphatic rings. The van der Waals surface area contributed by atoms with Crippen LogP contribution in [-0.2, 0) is 15.1 Å². The second-order valence-electron chi connectivity index (χ2n) is 5.64. The highest BCUT2D eigenvalue weighted by Crippen LogP contribution is 2.41. The van der Waals surface area contributed by atoms with Crippen LogP contribution < -0.4 is 0 Å². The summed E-state index contributed by atoms with van der Waals surface area (Å²) in [5, 5.41) is 15.1. The van der Waals surface area contributed by atoms with Gasteiger partial charge in [0.25, 0.3) is 0 Å². The lowest BCUT2D eigenvalue weighted by atomic mass is 9.88. The lowest BCUT2D eigenvalue weighted by molar-refractivity contribution is -0.0946. The molecule has 1 N–H and O–H groups in total. The highest BCUT2D eigenvalue weighted by Gasteiger charge is 2.35. The van der Waals surface area contributed by atoms with Gasteiger partial charge in [0, 0.05) is 44.9 Å². The van der Waals surface area contributed by atoms with Crippen LogP contribution in [0.3, 0.4) is 0 Å². The minimum absolute atomic E-state index is 0.223. The van der Waals surface area contributed by atoms with E-state index >= 15 is 0 Å². The molecule has 0 bridgehead atoms. The summed E-state index contributed by atoms with van der Waals surface area (Å²) in [6.07, 6.45) is 3.50. The van der Waals surface area contributed by atoms with Gasteiger partial charge in [0.05, 0.1) is 15.5 Å². The van der Waals surface area contributed by atoms with E-state index in [9.17, 15) is 0 Å². The molecule has 1 fully saturated rings. The molecule has 128 valence electrons. The van der Waals surface area contributed by atoms with Crippen molar-refractivity contribution >= 4 is 28.8 Å². The van der Waals surface area contributed by atoms with Crippen molar-refractivity contribution in [1.82, 2.24) is 4.98 Å². The van der Waals surface area contributed by atoms with E-state index in [2.05, 4.69) is 21.6 Å². The molecule has 24 heavy (non-hydrogen) atoms. The molecule has 1 saturated heterocycles. The first kappa shape index (κ1) is 17.4. The smallest absolute Gasteiger partial charge is 0.102 e. The third-order valence-corrected chi connectivity index (χ3v) is 6.33. The first-order valence-electron chi connectivity index (χ1n) is 7.72. The van der Waals surface area contributed by atoms with Gasteiger partial charge in [0.1, 0.15) is 5.03 Å². The van der Waals surface area contributed by atoms with Gasteiger partial charge in [-0.25, -0.2) is 4.98 Å². The zero-order valence-electron chi connectivity index (χ0n) is 13.7. The second kappa shape index (κ2) is 7.65. The summed E-state index contributed by atoms with van der Waals surface area (Å²) in [7, 11) is 1.78. The van der Waals surface area contributed by atoms with E-state index in [0.717, 1.165) is 36.6 Å². The number of methoxy groups -OCH3 is 1. The first-order valence-corrected chi connectivity index (χ1v) is 9.41. The lowest BCUT2D eigenvalue weighted by Crippen LogP contribution is -2.35. The molecule has 5 nitrogen and oxygen atoms in total. The van der Waals surface area contributed by atoms with E-state index in [1.54, 1.807) is 43.3 Å². The van der Waals surface area contributed by atoms with Gasteiger partial charge in [0.2, 0.25) is 0 Å². The van der Waals surface area contributed by atoms with Gasteiger partial charge in [-0.15, -0.1) is 11.3 Å². The van der Waals surface area contributed by atoms with Crippen LogP contribution in [0, 0.1) is 0 Å². The van der Waals surface area contributed by atoms with E-state index in [0.29, 0.717) is 5.71 Å². The van der Waals surface area contributed by atoms with Gasteiger partial charge in [-0.3, -0.25) is 0 Å². The number of nitrogens with zero attached hydrogens (tertiary/aromatic N) is 2. The van der Waals surface area contributed by atoms with Crippen molar-refractivity contribution in [3.05, 3.63) is 40.9 Å². The number of ether oxygens (including phenoxy) is 2. The van der Waals surface area contributed by atoms with Crippen molar-refractivity contribution in [2.24, 2.45) is 5.16 Å². The predicted molar refractivity (Wildman–Crippen MR) is 95.4 cm³/mol. The van der Waals surface area contributed by atoms with Crippen LogP contribution in [0.4, 0.5) is 0 Å². The molecule has 0 aromatic carbocycles. The lowest BCUT2D eigenvalue weighted by Gasteiger charge is -2.35. The minimum Gasteiger partial charge on any atom is -0.411 e. The van der Waals surface area contributed by atoms with Gasteiger partial charge >= 0.3 is 0 Å². The van der Waals surface area contributed by atoms with Crippen molar-refractivity contribution in [1.29, 1.82) is 0 Å². The van der Waals surface area contributed by atoms with Crippen molar-refractivity contribution in [3.8, 4) is 0 Å². The molecule has 0 spiro atoms. The molecule has 1 aliphatic heterocycles. The summed E-state index contributed by atoms with van der Waals surface area (Å²) in [6, 6.07) is 6.04. The fourth-order valence-electron chi connectivity index (χ4n) is 2.74. The minimum atomic E-state index is -0.223. The van der Waals surface area contributed by atoms with Gasteiger partial charge in [-0.2, -0.15) is 0 Å². The topological polar surface area (TPSA) is 63.9 Å². The van der Waals surface area contributed by atoms with Crippen LogP contribution in [0.15, 0.2) is 44.2 Å². The number of aromatic nitrogens is 1. The van der Waals surface area contributed by atoms with Gasteiger partial charge in [0.15, 0.2) is 0 Å². The average molecular weight is 364 g/mol. The van der Waals surface area contributed by atoms with Gasteiger partial charge in [-0.05, 0) is 36.1 Å². The Morgan fingerprint density at radius 3 is 2.83 bits per heavy atom. The molecule has 7 heteroatoms. The number of thiophene rings is 1. The fourth-order valence-corrected chi connectivity index (χ4v) is 4.68. The molecule has 0 unspecified atom stereocenters. The van der Waals surface area contributed by atoms with Crippen LogP contribution >= 0.6 is 23.1 Å². The molecule has 3 heterocycles. The zero-order chi connectivity index (χ0) is 17.0. The van der Waals surface area contributed by atoms with E-state index in [-0.39, 0.29) is 5.60 Å². The van der Waals surface area contributed by atoms with Gasteiger partial charge < -0.3 is 14.7 Å². The molecular weight excluding hydrogens is 344 g/mol. The zero-order valence-corrected chi connectivity index (χ0v) is 15.3. The Balaban J connectivity index is 1.74. The van der Waals surface area contributed by atoms with Crippen LogP contribution in [0.2, 0.25) is 0 Å². The maximum atomic E-state index is 8.80. The summed E-state index contributed by atoms with van der Waals surface area (Å²) in [4.78, 5) is 4.43. The van der Waals surface area contributed by atoms with Crippen molar-refractivity contribution in [3.63, 3.8) is 0 Å². The van der Waals surface area contributed by atoms with E-state index in [1.165, 1.54) is 9.77 Å². The number of pyridine rings is 1. The summed E-state index contributed by atoms with van der Waals surface area (Å²) < 4.78 is 12.5. The molecule has 2 aromatic heterocycles. The molecular formula is C17H20N2O3S2. The molecule has 0 atom stereocenters. The number of oxime groups is 1. The van der Waals surface area contributed by atoms with E-state index in [4.69, 9.17) is 14.7 Å². The standard InChI is InChI=1S/C17H20N2O3S2/c1-12(19-20)13-3-4-15(18-10-13)24-16-9-14(11-23-16)17(21-2)5-7-22-8-6-17/h3-4,9-11,20H,5-8H2,1-2H3/b19-12-. The fraction of sp³-hybridized carbons (Fsp3) is 0.412. The van der Waals surface area contributed by atoms with Crippen LogP contribution in [0.25, 0.3) is 0 Å². The van der Waals surface area contributed by atoms with Crippen LogP contribution in [0.5, 0.6) is 0 Å². The predicted octanol–water partition coefficient (Wildman–Crippen LogP) is 4.14. The molecule has 0 saturated carbocycles. The largest absolute Gasteiger partial charge is 0.411 e. The maximum Gasteiger partial charge on any atom is 0.102 e. The summed E-state index contributed by atoms with van der Waals surface area (Å²) in [5.41, 5.74) is 2.37. The Bertz CT molecular complexity index is 707. The summed E-state index contributed by atoms with van der Waals surface area (Å²) in [6.45, 7) is 3.22. The average Bonchev–Trinajstić information content (AvgIpc) is 3.11. The Hall–Kier alpha value is -1.41. The Morgan fingerprint density at radius 2 is 2.21 bits per heavy atom. The summed E-state index contributed by atoms with van der Waals surface area (Å²) >= 11 is 3.33. The monoisotopic (exact) mass is 364 g/mol. The third-order valence-electron chi connectivity index (χ3n) is 4.30. The molecule has 3 rings (SSSR count). The van der Waals surface area contributed by atoms with Crippen LogP contribution in [-0.4, -0.2) is 36.2 Å². The van der Waals surface area contributed by atoms with Crippen LogP contribution in [0.1, 0.15) is 30.9 Å². The number of hydrogen-bond donors (Lipinski definition) is 1. The van der Waals surface area contributed by atoms with Crippen molar-refractivity contribution in [2.45, 2.75) is 34.6 Å². The highest BCUT2D eigenvalue weighted by atomic mass is 32.2. The van der Waals surface area contributed by atoms with Crippen molar-refractivity contribution < 1.29 is 14.7 Å². The normalized spacial score (nSPS) is 17.8. The molecule has 0 radical (unpaired) electrons. The maximum absolute atomic E-state index is 8.80. The molecule has 2 aromatic rings. The number of rotatable bonds is 5. The first-order chi connectivity index (χ1) is 11.7. The highest BCUT2D eigenvalue weighted by molar-refractivity contribution is 8.01. The Morgan fingerprint density at radius 1 is 1.42 bits per heavy atom. The molecule has 0 aliphatic carbocycles. The van der Waals surface area contributed by atoms with E-state index in [1.807, 2.05) is 12.1 Å². The quantitative estimate of drug-likeness (QED) is 0.491. The Kier molecular flexibility index (Phi) is 5.55. The second-order valence-corrected chi connectivity index (χ2v) is 7.87. The SMILES string of the molecule is COC1(c2csc(Sc3ccc(/C(C)=N\O)cn3)c2)CCOCC1. The van der Waals surface area contributed by atoms with E-state index < -0.39 is 0 Å². The number of hydrogen-bond acceptors (Lipinski definition) is 7. The Labute approximate surface area is 149 Å².